The Balaban J connectivity index is 1.50. The minimum Gasteiger partial charge on any atom is -0.466 e. The summed E-state index contributed by atoms with van der Waals surface area (Å²) in [6.45, 7) is 6.82. The quantitative estimate of drug-likeness (QED) is 0.0524. The van der Waals surface area contributed by atoms with Gasteiger partial charge >= 0.3 is 12.1 Å². The third kappa shape index (κ3) is 9.78. The number of rotatable bonds is 16. The number of amidine groups is 1. The maximum Gasteiger partial charge on any atom is 0.435 e. The third-order valence-electron chi connectivity index (χ3n) is 7.83. The summed E-state index contributed by atoms with van der Waals surface area (Å²) in [4.78, 5) is 47.7. The van der Waals surface area contributed by atoms with E-state index in [1.165, 1.54) is 29.2 Å². The SMILES string of the molecule is CCCCCCOC(=O)/N=C(/N)c1ccc(NCc2nc3cc(C(=O)N(CCC(=O)OCC)c4ccc(F)c(Cl)c4)ccc3n2CC)c(F)c1. The number of amides is 2. The molecule has 4 aromatic rings. The number of unbranched alkanes of at least 4 members (excludes halogenated alkanes) is 3. The minimum atomic E-state index is -0.825. The first-order valence-electron chi connectivity index (χ1n) is 16.5. The zero-order valence-corrected chi connectivity index (χ0v) is 29.1. The molecule has 0 spiro atoms. The number of carbonyl (C=O) groups is 3. The summed E-state index contributed by atoms with van der Waals surface area (Å²) in [5, 5.41) is 2.88. The first-order chi connectivity index (χ1) is 24.1. The molecule has 3 aromatic carbocycles. The van der Waals surface area contributed by atoms with Crippen molar-refractivity contribution >= 4 is 57.8 Å². The minimum absolute atomic E-state index is 0.0265. The molecule has 0 fully saturated rings. The molecule has 1 aromatic heterocycles. The topological polar surface area (TPSA) is 141 Å². The molecule has 11 nitrogen and oxygen atoms in total. The lowest BCUT2D eigenvalue weighted by Crippen LogP contribution is -2.33. The molecule has 0 aliphatic rings. The first kappa shape index (κ1) is 37.8. The number of nitrogens with one attached hydrogen (secondary N) is 1. The van der Waals surface area contributed by atoms with Crippen LogP contribution in [0.1, 0.15) is 74.6 Å². The summed E-state index contributed by atoms with van der Waals surface area (Å²) in [5.41, 5.74) is 8.21. The molecule has 50 heavy (non-hydrogen) atoms. The van der Waals surface area contributed by atoms with Gasteiger partial charge in [-0.15, -0.1) is 0 Å². The first-order valence-corrected chi connectivity index (χ1v) is 16.9. The lowest BCUT2D eigenvalue weighted by atomic mass is 10.1. The van der Waals surface area contributed by atoms with E-state index in [1.807, 2.05) is 11.5 Å². The molecule has 0 radical (unpaired) electrons. The number of esters is 1. The highest BCUT2D eigenvalue weighted by Gasteiger charge is 2.22. The van der Waals surface area contributed by atoms with Crippen LogP contribution in [-0.4, -0.2) is 53.1 Å². The maximum atomic E-state index is 15.1. The number of aryl methyl sites for hydroxylation is 1. The second kappa shape index (κ2) is 18.1. The molecule has 0 saturated carbocycles. The molecular weight excluding hydrogens is 670 g/mol. The van der Waals surface area contributed by atoms with E-state index in [2.05, 4.69) is 17.2 Å². The molecule has 3 N–H and O–H groups in total. The standard InChI is InChI=1S/C36H41ClF2N6O5/c1-4-7-8-9-18-50-36(48)43-34(40)23-10-14-29(28(39)19-23)41-22-32-42-30-20-24(11-15-31(30)44(32)5-2)35(47)45(17-16-33(46)49-6-3)25-12-13-27(38)26(37)21-25/h10-15,19-21,41H,4-9,16-18,22H2,1-3H3,(H2,40,43,48). The lowest BCUT2D eigenvalue weighted by molar-refractivity contribution is -0.142. The summed E-state index contributed by atoms with van der Waals surface area (Å²) >= 11 is 6.01. The van der Waals surface area contributed by atoms with Crippen LogP contribution in [0.2, 0.25) is 5.02 Å². The number of hydrogen-bond donors (Lipinski definition) is 2. The fraction of sp³-hybridized carbons (Fsp3) is 0.361. The number of hydrogen-bond acceptors (Lipinski definition) is 7. The van der Waals surface area contributed by atoms with Crippen molar-refractivity contribution in [2.45, 2.75) is 66.0 Å². The number of anilines is 2. The summed E-state index contributed by atoms with van der Waals surface area (Å²) in [7, 11) is 0. The van der Waals surface area contributed by atoms with Crippen LogP contribution >= 0.6 is 11.6 Å². The van der Waals surface area contributed by atoms with Gasteiger partial charge in [0, 0.05) is 29.9 Å². The Morgan fingerprint density at radius 1 is 0.960 bits per heavy atom. The second-order valence-corrected chi connectivity index (χ2v) is 11.7. The molecular formula is C36H41ClF2N6O5. The van der Waals surface area contributed by atoms with Gasteiger partial charge < -0.3 is 30.0 Å². The normalized spacial score (nSPS) is 11.4. The molecule has 0 bridgehead atoms. The van der Waals surface area contributed by atoms with Gasteiger partial charge in [0.15, 0.2) is 0 Å². The van der Waals surface area contributed by atoms with Gasteiger partial charge in [-0.05, 0) is 74.9 Å². The van der Waals surface area contributed by atoms with Crippen LogP contribution in [0.25, 0.3) is 11.0 Å². The van der Waals surface area contributed by atoms with Crippen molar-refractivity contribution in [1.29, 1.82) is 0 Å². The Morgan fingerprint density at radius 3 is 2.44 bits per heavy atom. The number of carbonyl (C=O) groups excluding carboxylic acids is 3. The molecule has 266 valence electrons. The molecule has 0 saturated heterocycles. The van der Waals surface area contributed by atoms with Crippen LogP contribution in [0.5, 0.6) is 0 Å². The summed E-state index contributed by atoms with van der Waals surface area (Å²) in [6.07, 6.45) is 2.90. The Morgan fingerprint density at radius 2 is 1.74 bits per heavy atom. The number of halogens is 3. The number of nitrogens with zero attached hydrogens (tertiary/aromatic N) is 4. The van der Waals surface area contributed by atoms with E-state index in [0.29, 0.717) is 23.6 Å². The van der Waals surface area contributed by atoms with E-state index in [9.17, 15) is 18.8 Å². The van der Waals surface area contributed by atoms with Gasteiger partial charge in [-0.25, -0.2) is 18.6 Å². The largest absolute Gasteiger partial charge is 0.466 e. The number of fused-ring (bicyclic) bond motifs is 1. The Bertz CT molecular complexity index is 1860. The van der Waals surface area contributed by atoms with Gasteiger partial charge in [-0.1, -0.05) is 37.8 Å². The average Bonchev–Trinajstić information content (AvgIpc) is 3.45. The van der Waals surface area contributed by atoms with Crippen LogP contribution < -0.4 is 16.0 Å². The van der Waals surface area contributed by atoms with Crippen LogP contribution in [0.4, 0.5) is 25.0 Å². The van der Waals surface area contributed by atoms with Gasteiger partial charge in [0.05, 0.1) is 47.9 Å². The Kier molecular flexibility index (Phi) is 13.7. The second-order valence-electron chi connectivity index (χ2n) is 11.3. The van der Waals surface area contributed by atoms with Crippen LogP contribution in [0, 0.1) is 11.6 Å². The van der Waals surface area contributed by atoms with E-state index in [-0.39, 0.29) is 60.4 Å². The van der Waals surface area contributed by atoms with E-state index < -0.39 is 29.6 Å². The van der Waals surface area contributed by atoms with E-state index in [0.717, 1.165) is 37.3 Å². The molecule has 0 aliphatic carbocycles. The smallest absolute Gasteiger partial charge is 0.435 e. The van der Waals surface area contributed by atoms with Crippen molar-refractivity contribution in [3.05, 3.63) is 88.2 Å². The van der Waals surface area contributed by atoms with Gasteiger partial charge in [-0.3, -0.25) is 9.59 Å². The zero-order valence-electron chi connectivity index (χ0n) is 28.3. The van der Waals surface area contributed by atoms with Crippen molar-refractivity contribution in [2.24, 2.45) is 10.7 Å². The monoisotopic (exact) mass is 710 g/mol. The Hall–Kier alpha value is -5.04. The highest BCUT2D eigenvalue weighted by Crippen LogP contribution is 2.26. The van der Waals surface area contributed by atoms with Crippen LogP contribution in [0.3, 0.4) is 0 Å². The Labute approximate surface area is 294 Å². The lowest BCUT2D eigenvalue weighted by Gasteiger charge is -2.23. The van der Waals surface area contributed by atoms with Gasteiger partial charge in [-0.2, -0.15) is 4.99 Å². The molecule has 0 atom stereocenters. The van der Waals surface area contributed by atoms with Crippen molar-refractivity contribution in [3.63, 3.8) is 0 Å². The number of benzene rings is 3. The van der Waals surface area contributed by atoms with Crippen molar-refractivity contribution in [3.8, 4) is 0 Å². The summed E-state index contributed by atoms with van der Waals surface area (Å²) in [6, 6.07) is 13.1. The maximum absolute atomic E-state index is 15.1. The highest BCUT2D eigenvalue weighted by atomic mass is 35.5. The number of imidazole rings is 1. The molecule has 4 rings (SSSR count). The third-order valence-corrected chi connectivity index (χ3v) is 8.12. The molecule has 14 heteroatoms. The van der Waals surface area contributed by atoms with Crippen molar-refractivity contribution in [1.82, 2.24) is 9.55 Å². The van der Waals surface area contributed by atoms with Crippen LogP contribution in [-0.2, 0) is 27.4 Å². The molecule has 0 unspecified atom stereocenters. The number of aromatic nitrogens is 2. The zero-order chi connectivity index (χ0) is 36.2. The molecule has 0 aliphatic heterocycles. The van der Waals surface area contributed by atoms with E-state index in [4.69, 9.17) is 31.8 Å². The van der Waals surface area contributed by atoms with Gasteiger partial charge in [0.25, 0.3) is 5.91 Å². The highest BCUT2D eigenvalue weighted by molar-refractivity contribution is 6.31. The molecule has 1 heterocycles. The average molecular weight is 711 g/mol. The molecule has 2 amide bonds. The fourth-order valence-electron chi connectivity index (χ4n) is 5.27. The summed E-state index contributed by atoms with van der Waals surface area (Å²) < 4.78 is 41.1. The van der Waals surface area contributed by atoms with Gasteiger partial charge in [0.2, 0.25) is 0 Å². The predicted molar refractivity (Wildman–Crippen MR) is 190 cm³/mol. The predicted octanol–water partition coefficient (Wildman–Crippen LogP) is 7.62. The van der Waals surface area contributed by atoms with E-state index in [1.54, 1.807) is 31.2 Å². The van der Waals surface area contributed by atoms with Gasteiger partial charge in [0.1, 0.15) is 23.3 Å². The number of aliphatic imine (C=N–C) groups is 1. The van der Waals surface area contributed by atoms with Crippen molar-refractivity contribution in [2.75, 3.05) is 30.0 Å². The number of ether oxygens (including phenoxy) is 2. The summed E-state index contributed by atoms with van der Waals surface area (Å²) in [5.74, 6) is -1.75. The van der Waals surface area contributed by atoms with E-state index >= 15 is 4.39 Å². The number of nitrogens with two attached hydrogens (primary N) is 1. The van der Waals surface area contributed by atoms with Crippen LogP contribution in [0.15, 0.2) is 59.6 Å². The fourth-order valence-corrected chi connectivity index (χ4v) is 5.44. The van der Waals surface area contributed by atoms with Crippen molar-refractivity contribution < 1.29 is 32.6 Å².